The molecule has 0 amide bonds. The molecule has 0 aliphatic rings. The van der Waals surface area contributed by atoms with Gasteiger partial charge in [-0.15, -0.1) is 5.10 Å². The average Bonchev–Trinajstić information content (AvgIpc) is 2.61. The summed E-state index contributed by atoms with van der Waals surface area (Å²) in [6.45, 7) is 2.64. The summed E-state index contributed by atoms with van der Waals surface area (Å²) in [4.78, 5) is 0. The molecule has 0 bridgehead atoms. The van der Waals surface area contributed by atoms with Crippen LogP contribution >= 0.6 is 11.8 Å². The molecule has 6 heteroatoms. The molecule has 0 heterocycles. The Morgan fingerprint density at radius 3 is 2.80 bits per heavy atom. The summed E-state index contributed by atoms with van der Waals surface area (Å²) in [5.74, 6) is 0.845. The number of unbranched alkanes of at least 4 members (excludes halogenated alkanes) is 1. The van der Waals surface area contributed by atoms with E-state index >= 15 is 0 Å². The van der Waals surface area contributed by atoms with Crippen molar-refractivity contribution in [2.75, 3.05) is 6.61 Å². The monoisotopic (exact) mass is 359 g/mol. The first-order chi connectivity index (χ1) is 12.2. The van der Waals surface area contributed by atoms with Crippen LogP contribution in [0.25, 0.3) is 0 Å². The number of nitrogens with zero attached hydrogens (tertiary/aromatic N) is 2. The van der Waals surface area contributed by atoms with E-state index in [0.717, 1.165) is 24.2 Å². The van der Waals surface area contributed by atoms with Crippen molar-refractivity contribution in [1.82, 2.24) is 0 Å². The minimum absolute atomic E-state index is 0.357. The lowest BCUT2D eigenvalue weighted by Gasteiger charge is -2.06. The lowest BCUT2D eigenvalue weighted by molar-refractivity contribution is 0.308. The van der Waals surface area contributed by atoms with Crippen molar-refractivity contribution in [3.8, 4) is 5.75 Å². The predicted molar refractivity (Wildman–Crippen MR) is 104 cm³/mol. The van der Waals surface area contributed by atoms with Crippen molar-refractivity contribution in [1.29, 1.82) is 0 Å². The fourth-order valence-electron chi connectivity index (χ4n) is 1.99. The van der Waals surface area contributed by atoms with Gasteiger partial charge in [0.15, 0.2) is 5.17 Å². The second-order valence-corrected chi connectivity index (χ2v) is 6.37. The average molecular weight is 359 g/mol. The maximum Gasteiger partial charge on any atom is 0.180 e. The SMILES string of the molecule is CCCCOc1cc(F)cc(C=NN=C(N)SCc2ccccc2)c1. The number of halogens is 1. The Kier molecular flexibility index (Phi) is 7.98. The third kappa shape index (κ3) is 7.39. The minimum atomic E-state index is -0.370. The van der Waals surface area contributed by atoms with Gasteiger partial charge in [-0.05, 0) is 24.1 Å². The zero-order valence-electron chi connectivity index (χ0n) is 14.2. The summed E-state index contributed by atoms with van der Waals surface area (Å²) < 4.78 is 19.1. The Morgan fingerprint density at radius 2 is 2.04 bits per heavy atom. The van der Waals surface area contributed by atoms with Gasteiger partial charge in [-0.2, -0.15) is 5.10 Å². The topological polar surface area (TPSA) is 60.0 Å². The third-order valence-corrected chi connectivity index (χ3v) is 4.11. The first-order valence-corrected chi connectivity index (χ1v) is 9.12. The third-order valence-electron chi connectivity index (χ3n) is 3.25. The number of hydrogen-bond donors (Lipinski definition) is 1. The quantitative estimate of drug-likeness (QED) is 0.325. The number of ether oxygens (including phenoxy) is 1. The molecule has 0 saturated carbocycles. The van der Waals surface area contributed by atoms with Crippen LogP contribution in [0.4, 0.5) is 4.39 Å². The van der Waals surface area contributed by atoms with E-state index in [1.54, 1.807) is 6.07 Å². The highest BCUT2D eigenvalue weighted by molar-refractivity contribution is 8.13. The molecule has 0 aliphatic carbocycles. The Morgan fingerprint density at radius 1 is 1.24 bits per heavy atom. The molecular weight excluding hydrogens is 337 g/mol. The highest BCUT2D eigenvalue weighted by Gasteiger charge is 2.01. The normalized spacial score (nSPS) is 11.8. The van der Waals surface area contributed by atoms with Gasteiger partial charge in [0, 0.05) is 17.4 Å². The highest BCUT2D eigenvalue weighted by Crippen LogP contribution is 2.16. The van der Waals surface area contributed by atoms with E-state index in [2.05, 4.69) is 17.1 Å². The van der Waals surface area contributed by atoms with Crippen LogP contribution in [0.5, 0.6) is 5.75 Å². The van der Waals surface area contributed by atoms with Gasteiger partial charge in [-0.1, -0.05) is 55.4 Å². The van der Waals surface area contributed by atoms with Gasteiger partial charge in [-0.3, -0.25) is 0 Å². The van der Waals surface area contributed by atoms with E-state index in [1.165, 1.54) is 30.1 Å². The van der Waals surface area contributed by atoms with Gasteiger partial charge >= 0.3 is 0 Å². The maximum atomic E-state index is 13.6. The van der Waals surface area contributed by atoms with Crippen LogP contribution < -0.4 is 10.5 Å². The van der Waals surface area contributed by atoms with Crippen LogP contribution in [0.3, 0.4) is 0 Å². The fourth-order valence-corrected chi connectivity index (χ4v) is 2.60. The Hall–Kier alpha value is -2.34. The van der Waals surface area contributed by atoms with Crippen LogP contribution in [0, 0.1) is 5.82 Å². The first-order valence-electron chi connectivity index (χ1n) is 8.14. The molecule has 2 N–H and O–H groups in total. The van der Waals surface area contributed by atoms with Gasteiger partial charge in [0.25, 0.3) is 0 Å². The number of thioether (sulfide) groups is 1. The second kappa shape index (κ2) is 10.5. The molecule has 4 nitrogen and oxygen atoms in total. The largest absolute Gasteiger partial charge is 0.493 e. The summed E-state index contributed by atoms with van der Waals surface area (Å²) >= 11 is 1.40. The molecule has 2 aromatic rings. The number of rotatable bonds is 8. The summed E-state index contributed by atoms with van der Waals surface area (Å²) in [7, 11) is 0. The van der Waals surface area contributed by atoms with Crippen LogP contribution in [0.15, 0.2) is 58.7 Å². The Bertz CT molecular complexity index is 720. The molecule has 0 spiro atoms. The van der Waals surface area contributed by atoms with Gasteiger partial charge in [0.05, 0.1) is 12.8 Å². The molecule has 2 aromatic carbocycles. The summed E-state index contributed by atoms with van der Waals surface area (Å²) in [6.07, 6.45) is 3.42. The van der Waals surface area contributed by atoms with Crippen molar-refractivity contribution in [3.05, 3.63) is 65.5 Å². The number of hydrogen-bond acceptors (Lipinski definition) is 4. The maximum absolute atomic E-state index is 13.6. The van der Waals surface area contributed by atoms with Crippen molar-refractivity contribution < 1.29 is 9.13 Å². The van der Waals surface area contributed by atoms with Crippen LogP contribution in [0.1, 0.15) is 30.9 Å². The van der Waals surface area contributed by atoms with Crippen molar-refractivity contribution in [2.24, 2.45) is 15.9 Å². The summed E-state index contributed by atoms with van der Waals surface area (Å²) in [6, 6.07) is 14.4. The molecule has 132 valence electrons. The first kappa shape index (κ1) is 19.0. The molecule has 0 fully saturated rings. The molecule has 2 rings (SSSR count). The fraction of sp³-hybridized carbons (Fsp3) is 0.263. The number of amidine groups is 1. The summed E-state index contributed by atoms with van der Waals surface area (Å²) in [5.41, 5.74) is 7.57. The molecular formula is C19H22FN3OS. The van der Waals surface area contributed by atoms with Crippen LogP contribution in [-0.2, 0) is 5.75 Å². The van der Waals surface area contributed by atoms with Crippen molar-refractivity contribution in [2.45, 2.75) is 25.5 Å². The smallest absolute Gasteiger partial charge is 0.180 e. The van der Waals surface area contributed by atoms with E-state index in [0.29, 0.717) is 23.1 Å². The lowest BCUT2D eigenvalue weighted by atomic mass is 10.2. The number of benzene rings is 2. The van der Waals surface area contributed by atoms with Gasteiger partial charge in [-0.25, -0.2) is 4.39 Å². The van der Waals surface area contributed by atoms with Crippen LogP contribution in [-0.4, -0.2) is 18.0 Å². The Labute approximate surface area is 152 Å². The van der Waals surface area contributed by atoms with E-state index in [-0.39, 0.29) is 5.82 Å². The number of nitrogens with two attached hydrogens (primary N) is 1. The molecule has 0 unspecified atom stereocenters. The van der Waals surface area contributed by atoms with Crippen LogP contribution in [0.2, 0.25) is 0 Å². The lowest BCUT2D eigenvalue weighted by Crippen LogP contribution is -2.06. The highest BCUT2D eigenvalue weighted by atomic mass is 32.2. The van der Waals surface area contributed by atoms with E-state index < -0.39 is 0 Å². The van der Waals surface area contributed by atoms with Gasteiger partial charge in [0.1, 0.15) is 11.6 Å². The van der Waals surface area contributed by atoms with E-state index in [1.807, 2.05) is 30.3 Å². The van der Waals surface area contributed by atoms with Crippen molar-refractivity contribution in [3.63, 3.8) is 0 Å². The Balaban J connectivity index is 1.91. The minimum Gasteiger partial charge on any atom is -0.493 e. The zero-order chi connectivity index (χ0) is 17.9. The molecule has 25 heavy (non-hydrogen) atoms. The van der Waals surface area contributed by atoms with Gasteiger partial charge < -0.3 is 10.5 Å². The molecule has 0 aliphatic heterocycles. The van der Waals surface area contributed by atoms with E-state index in [4.69, 9.17) is 10.5 Å². The molecule has 0 radical (unpaired) electrons. The van der Waals surface area contributed by atoms with Gasteiger partial charge in [0.2, 0.25) is 0 Å². The van der Waals surface area contributed by atoms with Crippen molar-refractivity contribution >= 4 is 23.1 Å². The molecule has 0 saturated heterocycles. The molecule has 0 aromatic heterocycles. The predicted octanol–water partition coefficient (Wildman–Crippen LogP) is 4.59. The molecule has 0 atom stereocenters. The zero-order valence-corrected chi connectivity index (χ0v) is 15.0. The standard InChI is InChI=1S/C19H22FN3OS/c1-2-3-9-24-18-11-16(10-17(20)12-18)13-22-23-19(21)25-14-15-7-5-4-6-8-15/h4-8,10-13H,2-3,9,14H2,1H3,(H2,21,23). The summed E-state index contributed by atoms with van der Waals surface area (Å²) in [5, 5.41) is 8.22. The second-order valence-electron chi connectivity index (χ2n) is 5.38. The van der Waals surface area contributed by atoms with E-state index in [9.17, 15) is 4.39 Å².